The zero-order valence-corrected chi connectivity index (χ0v) is 17.6. The minimum atomic E-state index is -0.292. The van der Waals surface area contributed by atoms with Crippen molar-refractivity contribution in [2.24, 2.45) is 0 Å². The van der Waals surface area contributed by atoms with Gasteiger partial charge in [0.2, 0.25) is 0 Å². The highest BCUT2D eigenvalue weighted by Gasteiger charge is 2.14. The fourth-order valence-electron chi connectivity index (χ4n) is 2.52. The van der Waals surface area contributed by atoms with Crippen molar-refractivity contribution >= 4 is 47.3 Å². The summed E-state index contributed by atoms with van der Waals surface area (Å²) >= 11 is 11.8. The van der Waals surface area contributed by atoms with Gasteiger partial charge in [0.1, 0.15) is 6.61 Å². The molecule has 4 nitrogen and oxygen atoms in total. The topological polar surface area (TPSA) is 32.8 Å². The summed E-state index contributed by atoms with van der Waals surface area (Å²) in [6.07, 6.45) is 0. The normalized spacial score (nSPS) is 10.5. The van der Waals surface area contributed by atoms with E-state index in [1.807, 2.05) is 19.1 Å². The van der Waals surface area contributed by atoms with Crippen LogP contribution in [0.2, 0.25) is 0 Å². The Labute approximate surface area is 167 Å². The van der Waals surface area contributed by atoms with E-state index in [2.05, 4.69) is 23.6 Å². The number of nitrogens with zero attached hydrogens (tertiary/aromatic N) is 2. The van der Waals surface area contributed by atoms with Crippen molar-refractivity contribution in [1.82, 2.24) is 4.90 Å². The molecule has 0 atom stereocenters. The van der Waals surface area contributed by atoms with Gasteiger partial charge < -0.3 is 14.5 Å². The number of carbonyl (C=O) groups is 1. The number of hydrogen-bond donors (Lipinski definition) is 0. The van der Waals surface area contributed by atoms with Crippen molar-refractivity contribution < 1.29 is 9.53 Å². The fourth-order valence-corrected chi connectivity index (χ4v) is 2.93. The molecule has 0 unspecified atom stereocenters. The molecule has 0 aliphatic rings. The Hall–Kier alpha value is -0.680. The lowest BCUT2D eigenvalue weighted by atomic mass is 10.1. The number of alkyl halides is 2. The minimum absolute atomic E-state index is 0. The summed E-state index contributed by atoms with van der Waals surface area (Å²) in [4.78, 5) is 16.6. The van der Waals surface area contributed by atoms with Crippen molar-refractivity contribution in [2.75, 3.05) is 56.0 Å². The van der Waals surface area contributed by atoms with Gasteiger partial charge in [-0.1, -0.05) is 19.9 Å². The van der Waals surface area contributed by atoms with E-state index in [0.29, 0.717) is 37.0 Å². The molecule has 144 valence electrons. The number of rotatable bonds is 11. The first kappa shape index (κ1) is 24.3. The summed E-state index contributed by atoms with van der Waals surface area (Å²) in [6, 6.07) is 5.61. The van der Waals surface area contributed by atoms with E-state index in [1.165, 1.54) is 0 Å². The Bertz CT molecular complexity index is 505. The summed E-state index contributed by atoms with van der Waals surface area (Å²) in [5.74, 6) is 0.726. The van der Waals surface area contributed by atoms with Crippen LogP contribution in [-0.4, -0.2) is 62.0 Å². The third kappa shape index (κ3) is 8.04. The molecule has 0 aromatic heterocycles. The van der Waals surface area contributed by atoms with Crippen LogP contribution in [0.15, 0.2) is 18.2 Å². The number of halogens is 3. The van der Waals surface area contributed by atoms with Crippen LogP contribution in [0.5, 0.6) is 0 Å². The average molecular weight is 412 g/mol. The molecule has 25 heavy (non-hydrogen) atoms. The maximum atomic E-state index is 12.3. The number of hydrogen-bond acceptors (Lipinski definition) is 4. The summed E-state index contributed by atoms with van der Waals surface area (Å²) < 4.78 is 5.41. The Morgan fingerprint density at radius 1 is 1.08 bits per heavy atom. The molecule has 0 saturated heterocycles. The zero-order valence-electron chi connectivity index (χ0n) is 15.3. The van der Waals surface area contributed by atoms with Crippen LogP contribution in [-0.2, 0) is 4.74 Å². The van der Waals surface area contributed by atoms with Crippen LogP contribution in [0, 0.1) is 6.92 Å². The average Bonchev–Trinajstić information content (AvgIpc) is 2.59. The number of aryl methyl sites for hydroxylation is 1. The molecular formula is C18H29Cl3N2O2. The quantitative estimate of drug-likeness (QED) is 0.403. The molecule has 0 heterocycles. The number of benzene rings is 1. The largest absolute Gasteiger partial charge is 0.461 e. The summed E-state index contributed by atoms with van der Waals surface area (Å²) in [6.45, 7) is 10.6. The summed E-state index contributed by atoms with van der Waals surface area (Å²) in [7, 11) is 0. The predicted octanol–water partition coefficient (Wildman–Crippen LogP) is 4.20. The van der Waals surface area contributed by atoms with Gasteiger partial charge in [-0.3, -0.25) is 0 Å². The Morgan fingerprint density at radius 3 is 2.20 bits per heavy atom. The van der Waals surface area contributed by atoms with Crippen LogP contribution in [0.4, 0.5) is 5.69 Å². The molecule has 1 aromatic rings. The zero-order chi connectivity index (χ0) is 17.9. The molecule has 0 saturated carbocycles. The molecule has 0 bridgehead atoms. The number of ether oxygens (including phenoxy) is 1. The molecule has 0 radical (unpaired) electrons. The van der Waals surface area contributed by atoms with Gasteiger partial charge in [-0.25, -0.2) is 4.79 Å². The molecule has 0 spiro atoms. The molecule has 0 amide bonds. The number of likely N-dealkylation sites (N-methyl/N-ethyl adjacent to an activating group) is 1. The van der Waals surface area contributed by atoms with Crippen LogP contribution in [0.1, 0.15) is 29.8 Å². The van der Waals surface area contributed by atoms with Gasteiger partial charge in [0, 0.05) is 37.1 Å². The number of anilines is 1. The van der Waals surface area contributed by atoms with E-state index in [4.69, 9.17) is 27.9 Å². The Morgan fingerprint density at radius 2 is 1.68 bits per heavy atom. The molecule has 1 rings (SSSR count). The van der Waals surface area contributed by atoms with Gasteiger partial charge in [0.05, 0.1) is 5.56 Å². The van der Waals surface area contributed by atoms with Gasteiger partial charge in [-0.15, -0.1) is 35.6 Å². The van der Waals surface area contributed by atoms with Gasteiger partial charge in [-0.2, -0.15) is 0 Å². The van der Waals surface area contributed by atoms with Crippen LogP contribution >= 0.6 is 35.6 Å². The number of esters is 1. The minimum Gasteiger partial charge on any atom is -0.461 e. The first-order chi connectivity index (χ1) is 11.6. The van der Waals surface area contributed by atoms with Crippen molar-refractivity contribution in [3.63, 3.8) is 0 Å². The van der Waals surface area contributed by atoms with Gasteiger partial charge in [0.25, 0.3) is 0 Å². The fraction of sp³-hybridized carbons (Fsp3) is 0.611. The third-order valence-corrected chi connectivity index (χ3v) is 4.37. The molecule has 0 aliphatic carbocycles. The van der Waals surface area contributed by atoms with Crippen molar-refractivity contribution in [3.8, 4) is 0 Å². The molecule has 0 aliphatic heterocycles. The lowest BCUT2D eigenvalue weighted by Gasteiger charge is -2.25. The monoisotopic (exact) mass is 410 g/mol. The Kier molecular flexibility index (Phi) is 13.1. The molecule has 7 heteroatoms. The number of carbonyl (C=O) groups excluding carboxylic acids is 1. The van der Waals surface area contributed by atoms with Gasteiger partial charge in [-0.05, 0) is 37.7 Å². The van der Waals surface area contributed by atoms with Crippen molar-refractivity contribution in [1.29, 1.82) is 0 Å². The second kappa shape index (κ2) is 13.5. The Balaban J connectivity index is 0.00000576. The van der Waals surface area contributed by atoms with E-state index in [0.717, 1.165) is 30.9 Å². The van der Waals surface area contributed by atoms with E-state index >= 15 is 0 Å². The first-order valence-electron chi connectivity index (χ1n) is 8.44. The smallest absolute Gasteiger partial charge is 0.338 e. The van der Waals surface area contributed by atoms with Crippen LogP contribution < -0.4 is 4.90 Å². The highest BCUT2D eigenvalue weighted by molar-refractivity contribution is 6.18. The maximum absolute atomic E-state index is 12.3. The SMILES string of the molecule is CCN(CC)CCOC(=O)c1ccc(C)c(N(CCCl)CCCl)c1.Cl. The second-order valence-electron chi connectivity index (χ2n) is 5.53. The summed E-state index contributed by atoms with van der Waals surface area (Å²) in [5, 5.41) is 0. The summed E-state index contributed by atoms with van der Waals surface area (Å²) in [5.41, 5.74) is 2.63. The lowest BCUT2D eigenvalue weighted by molar-refractivity contribution is 0.0466. The van der Waals surface area contributed by atoms with Crippen molar-refractivity contribution in [3.05, 3.63) is 29.3 Å². The second-order valence-corrected chi connectivity index (χ2v) is 6.29. The lowest BCUT2D eigenvalue weighted by Crippen LogP contribution is -2.29. The van der Waals surface area contributed by atoms with E-state index in [1.54, 1.807) is 6.07 Å². The van der Waals surface area contributed by atoms with E-state index < -0.39 is 0 Å². The molecule has 0 fully saturated rings. The van der Waals surface area contributed by atoms with E-state index in [9.17, 15) is 4.79 Å². The first-order valence-corrected chi connectivity index (χ1v) is 9.51. The standard InChI is InChI=1S/C18H28Cl2N2O2.ClH/c1-4-21(5-2)12-13-24-18(23)16-7-6-15(3)17(14-16)22(10-8-19)11-9-20;/h6-7,14H,4-5,8-13H2,1-3H3;1H. The highest BCUT2D eigenvalue weighted by Crippen LogP contribution is 2.22. The van der Waals surface area contributed by atoms with Crippen molar-refractivity contribution in [2.45, 2.75) is 20.8 Å². The van der Waals surface area contributed by atoms with Crippen LogP contribution in [0.25, 0.3) is 0 Å². The van der Waals surface area contributed by atoms with Crippen LogP contribution in [0.3, 0.4) is 0 Å². The molecule has 0 N–H and O–H groups in total. The van der Waals surface area contributed by atoms with E-state index in [-0.39, 0.29) is 18.4 Å². The third-order valence-electron chi connectivity index (χ3n) is 4.03. The molecular weight excluding hydrogens is 383 g/mol. The predicted molar refractivity (Wildman–Crippen MR) is 110 cm³/mol. The van der Waals surface area contributed by atoms with Gasteiger partial charge in [0.15, 0.2) is 0 Å². The maximum Gasteiger partial charge on any atom is 0.338 e. The molecule has 1 aromatic carbocycles. The van der Waals surface area contributed by atoms with Gasteiger partial charge >= 0.3 is 5.97 Å². The highest BCUT2D eigenvalue weighted by atomic mass is 35.5.